The normalized spacial score (nSPS) is 14.2. The summed E-state index contributed by atoms with van der Waals surface area (Å²) in [6.07, 6.45) is 9.09. The van der Waals surface area contributed by atoms with E-state index in [0.717, 1.165) is 60.7 Å². The van der Waals surface area contributed by atoms with Gasteiger partial charge in [0.05, 0.1) is 7.11 Å². The lowest BCUT2D eigenvalue weighted by molar-refractivity contribution is -0.130. The van der Waals surface area contributed by atoms with Crippen LogP contribution in [0.15, 0.2) is 109 Å². The number of methoxy groups -OCH3 is 1. The molecule has 0 atom stereocenters. The highest BCUT2D eigenvalue weighted by molar-refractivity contribution is 5.92. The summed E-state index contributed by atoms with van der Waals surface area (Å²) in [6, 6.07) is 31.0. The van der Waals surface area contributed by atoms with E-state index < -0.39 is 0 Å². The van der Waals surface area contributed by atoms with E-state index in [1.165, 1.54) is 5.56 Å². The largest absolute Gasteiger partial charge is 0.497 e. The Balaban J connectivity index is 1.30. The fourth-order valence-electron chi connectivity index (χ4n) is 5.36. The molecule has 41 heavy (non-hydrogen) atoms. The van der Waals surface area contributed by atoms with Crippen LogP contribution in [0.3, 0.4) is 0 Å². The molecular weight excluding hydrogens is 508 g/mol. The van der Waals surface area contributed by atoms with Crippen molar-refractivity contribution < 1.29 is 9.53 Å². The number of hydrogen-bond donors (Lipinski definition) is 0. The Morgan fingerprint density at radius 2 is 1.61 bits per heavy atom. The molecule has 0 spiro atoms. The van der Waals surface area contributed by atoms with Crippen molar-refractivity contribution in [1.82, 2.24) is 14.8 Å². The predicted molar refractivity (Wildman–Crippen MR) is 166 cm³/mol. The number of carbonyl (C=O) groups excluding carboxylic acids is 1. The first-order valence-corrected chi connectivity index (χ1v) is 14.2. The second-order valence-corrected chi connectivity index (χ2v) is 10.5. The Kier molecular flexibility index (Phi) is 9.45. The Morgan fingerprint density at radius 3 is 2.32 bits per heavy atom. The molecule has 1 aliphatic heterocycles. The van der Waals surface area contributed by atoms with Crippen LogP contribution in [0.1, 0.15) is 29.5 Å². The van der Waals surface area contributed by atoms with Crippen molar-refractivity contribution in [1.29, 1.82) is 0 Å². The molecule has 0 saturated carbocycles. The third-order valence-corrected chi connectivity index (χ3v) is 7.77. The monoisotopic (exact) mass is 546 g/mol. The minimum atomic E-state index is 0.0345. The lowest BCUT2D eigenvalue weighted by atomic mass is 10.0. The maximum absolute atomic E-state index is 13.7. The van der Waals surface area contributed by atoms with Crippen LogP contribution in [-0.4, -0.2) is 54.0 Å². The number of amides is 1. The van der Waals surface area contributed by atoms with Gasteiger partial charge in [-0.05, 0) is 72.0 Å². The molecule has 0 unspecified atom stereocenters. The van der Waals surface area contributed by atoms with Crippen LogP contribution in [0, 0.1) is 0 Å². The number of likely N-dealkylation sites (tertiary alicyclic amines) is 1. The van der Waals surface area contributed by atoms with E-state index in [-0.39, 0.29) is 11.9 Å². The summed E-state index contributed by atoms with van der Waals surface area (Å²) in [4.78, 5) is 24.5. The summed E-state index contributed by atoms with van der Waals surface area (Å²) in [5.74, 6) is 0.811. The maximum Gasteiger partial charge on any atom is 0.247 e. The van der Waals surface area contributed by atoms with Gasteiger partial charge in [0.15, 0.2) is 0 Å². The fraction of sp³-hybridized carbons (Fsp3) is 0.257. The molecule has 1 amide bonds. The topological polar surface area (TPSA) is 48.9 Å². The predicted octanol–water partition coefficient (Wildman–Crippen LogP) is 6.56. The fourth-order valence-corrected chi connectivity index (χ4v) is 5.36. The number of benzene rings is 3. The standard InChI is InChI=1S/C35H38N4O2/c1-37(32-17-21-36-22-18-32)31-14-11-30(12-15-31)27-39(35(40)16-13-28-9-6-10-34(25-28)41-2)33-19-23-38(24-20-33)26-29-7-4-3-5-8-29/h3-18,21-22,25,33H,19-20,23-24,26-27H2,1-2H3. The van der Waals surface area contributed by atoms with Gasteiger partial charge in [-0.25, -0.2) is 0 Å². The van der Waals surface area contributed by atoms with Gasteiger partial charge in [-0.2, -0.15) is 0 Å². The Labute approximate surface area is 243 Å². The van der Waals surface area contributed by atoms with E-state index in [2.05, 4.69) is 74.3 Å². The molecule has 6 heteroatoms. The molecule has 2 heterocycles. The summed E-state index contributed by atoms with van der Waals surface area (Å²) in [7, 11) is 3.70. The zero-order valence-corrected chi connectivity index (χ0v) is 23.9. The van der Waals surface area contributed by atoms with Crippen molar-refractivity contribution >= 4 is 23.4 Å². The number of aromatic nitrogens is 1. The molecule has 0 bridgehead atoms. The lowest BCUT2D eigenvalue weighted by Crippen LogP contribution is -2.46. The molecule has 1 fully saturated rings. The van der Waals surface area contributed by atoms with E-state index in [4.69, 9.17) is 4.74 Å². The van der Waals surface area contributed by atoms with Crippen LogP contribution in [0.4, 0.5) is 11.4 Å². The molecular formula is C35H38N4O2. The van der Waals surface area contributed by atoms with Crippen molar-refractivity contribution in [2.45, 2.75) is 32.0 Å². The minimum Gasteiger partial charge on any atom is -0.497 e. The summed E-state index contributed by atoms with van der Waals surface area (Å²) in [5.41, 5.74) is 5.56. The number of anilines is 2. The lowest BCUT2D eigenvalue weighted by Gasteiger charge is -2.38. The Morgan fingerprint density at radius 1 is 0.902 bits per heavy atom. The summed E-state index contributed by atoms with van der Waals surface area (Å²) < 4.78 is 5.35. The first kappa shape index (κ1) is 28.1. The average molecular weight is 547 g/mol. The van der Waals surface area contributed by atoms with Gasteiger partial charge < -0.3 is 14.5 Å². The number of ether oxygens (including phenoxy) is 1. The second kappa shape index (κ2) is 13.8. The van der Waals surface area contributed by atoms with Crippen LogP contribution in [0.2, 0.25) is 0 Å². The number of rotatable bonds is 10. The Hall–Kier alpha value is -4.42. The first-order chi connectivity index (χ1) is 20.1. The SMILES string of the molecule is COc1cccc(C=CC(=O)N(Cc2ccc(N(C)c3ccncc3)cc2)C2CCN(Cc3ccccc3)CC2)c1. The molecule has 1 aliphatic rings. The van der Waals surface area contributed by atoms with Gasteiger partial charge >= 0.3 is 0 Å². The molecule has 1 saturated heterocycles. The highest BCUT2D eigenvalue weighted by Crippen LogP contribution is 2.25. The van der Waals surface area contributed by atoms with Crippen molar-refractivity contribution in [3.05, 3.63) is 126 Å². The maximum atomic E-state index is 13.7. The first-order valence-electron chi connectivity index (χ1n) is 14.2. The number of hydrogen-bond acceptors (Lipinski definition) is 5. The number of carbonyl (C=O) groups is 1. The zero-order valence-electron chi connectivity index (χ0n) is 23.9. The quantitative estimate of drug-likeness (QED) is 0.211. The third kappa shape index (κ3) is 7.62. The molecule has 0 radical (unpaired) electrons. The van der Waals surface area contributed by atoms with Crippen molar-refractivity contribution in [3.8, 4) is 5.75 Å². The highest BCUT2D eigenvalue weighted by atomic mass is 16.5. The van der Waals surface area contributed by atoms with Gasteiger partial charge in [-0.15, -0.1) is 0 Å². The molecule has 210 valence electrons. The van der Waals surface area contributed by atoms with Gasteiger partial charge in [0.25, 0.3) is 0 Å². The number of piperidine rings is 1. The van der Waals surface area contributed by atoms with E-state index in [1.807, 2.05) is 49.5 Å². The smallest absolute Gasteiger partial charge is 0.247 e. The Bertz CT molecular complexity index is 1420. The molecule has 1 aromatic heterocycles. The van der Waals surface area contributed by atoms with Crippen LogP contribution in [0.5, 0.6) is 5.75 Å². The van der Waals surface area contributed by atoms with Gasteiger partial charge in [0.2, 0.25) is 5.91 Å². The van der Waals surface area contributed by atoms with E-state index in [1.54, 1.807) is 25.6 Å². The van der Waals surface area contributed by atoms with Crippen molar-refractivity contribution in [3.63, 3.8) is 0 Å². The van der Waals surface area contributed by atoms with Gasteiger partial charge in [0, 0.05) is 69.1 Å². The summed E-state index contributed by atoms with van der Waals surface area (Å²) in [6.45, 7) is 3.46. The van der Waals surface area contributed by atoms with E-state index in [9.17, 15) is 4.79 Å². The number of nitrogens with zero attached hydrogens (tertiary/aromatic N) is 4. The summed E-state index contributed by atoms with van der Waals surface area (Å²) >= 11 is 0. The average Bonchev–Trinajstić information content (AvgIpc) is 3.04. The second-order valence-electron chi connectivity index (χ2n) is 10.5. The molecule has 3 aromatic carbocycles. The molecule has 0 N–H and O–H groups in total. The molecule has 5 rings (SSSR count). The van der Waals surface area contributed by atoms with Gasteiger partial charge in [-0.1, -0.05) is 54.6 Å². The number of pyridine rings is 1. The molecule has 4 aromatic rings. The minimum absolute atomic E-state index is 0.0345. The van der Waals surface area contributed by atoms with Crippen LogP contribution in [0.25, 0.3) is 6.08 Å². The van der Waals surface area contributed by atoms with Gasteiger partial charge in [0.1, 0.15) is 5.75 Å². The molecule has 0 aliphatic carbocycles. The summed E-state index contributed by atoms with van der Waals surface area (Å²) in [5, 5.41) is 0. The van der Waals surface area contributed by atoms with Crippen LogP contribution >= 0.6 is 0 Å². The zero-order chi connectivity index (χ0) is 28.4. The molecule has 6 nitrogen and oxygen atoms in total. The third-order valence-electron chi connectivity index (χ3n) is 7.77. The van der Waals surface area contributed by atoms with E-state index in [0.29, 0.717) is 6.54 Å². The van der Waals surface area contributed by atoms with Gasteiger partial charge in [-0.3, -0.25) is 14.7 Å². The highest BCUT2D eigenvalue weighted by Gasteiger charge is 2.27. The van der Waals surface area contributed by atoms with Crippen molar-refractivity contribution in [2.75, 3.05) is 32.1 Å². The van der Waals surface area contributed by atoms with Crippen molar-refractivity contribution in [2.24, 2.45) is 0 Å². The van der Waals surface area contributed by atoms with Crippen LogP contribution in [-0.2, 0) is 17.9 Å². The van der Waals surface area contributed by atoms with Crippen LogP contribution < -0.4 is 9.64 Å². The van der Waals surface area contributed by atoms with E-state index >= 15 is 0 Å².